The van der Waals surface area contributed by atoms with Crippen LogP contribution in [-0.4, -0.2) is 29.0 Å². The zero-order valence-corrected chi connectivity index (χ0v) is 12.3. The Morgan fingerprint density at radius 1 is 1.25 bits per heavy atom. The van der Waals surface area contributed by atoms with Gasteiger partial charge < -0.3 is 10.6 Å². The van der Waals surface area contributed by atoms with Gasteiger partial charge in [-0.2, -0.15) is 0 Å². The second-order valence-electron chi connectivity index (χ2n) is 5.17. The van der Waals surface area contributed by atoms with E-state index in [4.69, 9.17) is 0 Å². The number of carbonyl (C=O) groups excluding carboxylic acids is 1. The number of nitrogens with zero attached hydrogens (tertiary/aromatic N) is 2. The van der Waals surface area contributed by atoms with Crippen molar-refractivity contribution in [3.05, 3.63) is 30.1 Å². The lowest BCUT2D eigenvalue weighted by molar-refractivity contribution is -0.122. The van der Waals surface area contributed by atoms with Crippen molar-refractivity contribution in [2.75, 3.05) is 12.4 Å². The van der Waals surface area contributed by atoms with E-state index in [1.165, 1.54) is 6.33 Å². The predicted molar refractivity (Wildman–Crippen MR) is 80.6 cm³/mol. The quantitative estimate of drug-likeness (QED) is 0.894. The highest BCUT2D eigenvalue weighted by Gasteiger charge is 2.22. The minimum atomic E-state index is -0.322. The summed E-state index contributed by atoms with van der Waals surface area (Å²) in [5.41, 5.74) is 1.96. The molecule has 1 aromatic heterocycles. The molecule has 2 rings (SSSR count). The largest absolute Gasteiger partial charge is 0.358 e. The van der Waals surface area contributed by atoms with Gasteiger partial charge in [-0.15, -0.1) is 0 Å². The molecule has 0 radical (unpaired) electrons. The summed E-state index contributed by atoms with van der Waals surface area (Å²) < 4.78 is 0. The second kappa shape index (κ2) is 5.86. The molecule has 1 aromatic carbocycles. The number of hydrogen-bond donors (Lipinski definition) is 2. The van der Waals surface area contributed by atoms with E-state index in [0.29, 0.717) is 5.82 Å². The summed E-state index contributed by atoms with van der Waals surface area (Å²) in [5, 5.41) is 6.90. The summed E-state index contributed by atoms with van der Waals surface area (Å²) in [6, 6.07) is 5.60. The maximum Gasteiger partial charge on any atom is 0.242 e. The number of aromatic nitrogens is 2. The standard InChI is InChI=1S/C15H20N4O/c1-9(2)13(15(20)16-4)19-14-12-10(3)6-5-7-11(12)17-8-18-14/h5-9,13H,1-4H3,(H,16,20)(H,17,18,19). The first-order valence-corrected chi connectivity index (χ1v) is 6.73. The van der Waals surface area contributed by atoms with Gasteiger partial charge in [0.15, 0.2) is 0 Å². The Kier molecular flexibility index (Phi) is 4.17. The number of rotatable bonds is 4. The molecule has 0 aliphatic rings. The molecule has 0 aliphatic heterocycles. The van der Waals surface area contributed by atoms with E-state index < -0.39 is 0 Å². The van der Waals surface area contributed by atoms with Gasteiger partial charge in [0.1, 0.15) is 18.2 Å². The molecule has 1 amide bonds. The molecular formula is C15H20N4O. The average molecular weight is 272 g/mol. The molecule has 5 heteroatoms. The van der Waals surface area contributed by atoms with Crippen LogP contribution < -0.4 is 10.6 Å². The minimum absolute atomic E-state index is 0.0413. The Labute approximate surface area is 118 Å². The molecule has 0 saturated carbocycles. The van der Waals surface area contributed by atoms with Crippen molar-refractivity contribution in [1.82, 2.24) is 15.3 Å². The Morgan fingerprint density at radius 3 is 2.65 bits per heavy atom. The van der Waals surface area contributed by atoms with E-state index in [2.05, 4.69) is 20.6 Å². The van der Waals surface area contributed by atoms with E-state index in [9.17, 15) is 4.79 Å². The zero-order valence-electron chi connectivity index (χ0n) is 12.3. The van der Waals surface area contributed by atoms with Gasteiger partial charge in [0.25, 0.3) is 0 Å². The summed E-state index contributed by atoms with van der Waals surface area (Å²) in [5.74, 6) is 0.819. The van der Waals surface area contributed by atoms with Crippen molar-refractivity contribution in [2.24, 2.45) is 5.92 Å². The molecule has 5 nitrogen and oxygen atoms in total. The van der Waals surface area contributed by atoms with E-state index >= 15 is 0 Å². The van der Waals surface area contributed by atoms with Gasteiger partial charge in [0, 0.05) is 12.4 Å². The van der Waals surface area contributed by atoms with Crippen LogP contribution in [0.25, 0.3) is 10.9 Å². The van der Waals surface area contributed by atoms with Crippen molar-refractivity contribution in [3.63, 3.8) is 0 Å². The first kappa shape index (κ1) is 14.2. The normalized spacial score (nSPS) is 12.4. The van der Waals surface area contributed by atoms with Crippen molar-refractivity contribution in [2.45, 2.75) is 26.8 Å². The van der Waals surface area contributed by atoms with Crippen LogP contribution in [0.1, 0.15) is 19.4 Å². The number of amides is 1. The molecule has 0 fully saturated rings. The lowest BCUT2D eigenvalue weighted by atomic mass is 10.0. The fourth-order valence-electron chi connectivity index (χ4n) is 2.23. The number of aryl methyl sites for hydroxylation is 1. The number of hydrogen-bond acceptors (Lipinski definition) is 4. The number of benzene rings is 1. The Bertz CT molecular complexity index is 619. The summed E-state index contributed by atoms with van der Waals surface area (Å²) in [6.07, 6.45) is 1.52. The first-order chi connectivity index (χ1) is 9.54. The van der Waals surface area contributed by atoms with Crippen LogP contribution in [0.2, 0.25) is 0 Å². The molecule has 0 spiro atoms. The summed E-state index contributed by atoms with van der Waals surface area (Å²) >= 11 is 0. The van der Waals surface area contributed by atoms with Crippen molar-refractivity contribution in [1.29, 1.82) is 0 Å². The number of carbonyl (C=O) groups is 1. The number of nitrogens with one attached hydrogen (secondary N) is 2. The van der Waals surface area contributed by atoms with Crippen LogP contribution in [0.15, 0.2) is 24.5 Å². The maximum absolute atomic E-state index is 12.0. The third kappa shape index (κ3) is 2.71. The molecular weight excluding hydrogens is 252 g/mol. The van der Waals surface area contributed by atoms with E-state index in [0.717, 1.165) is 16.5 Å². The average Bonchev–Trinajstić information content (AvgIpc) is 2.43. The Balaban J connectivity index is 2.45. The van der Waals surface area contributed by atoms with Crippen LogP contribution in [0.5, 0.6) is 0 Å². The molecule has 1 atom stereocenters. The summed E-state index contributed by atoms with van der Waals surface area (Å²) in [7, 11) is 1.64. The minimum Gasteiger partial charge on any atom is -0.358 e. The fourth-order valence-corrected chi connectivity index (χ4v) is 2.23. The smallest absolute Gasteiger partial charge is 0.242 e. The highest BCUT2D eigenvalue weighted by Crippen LogP contribution is 2.24. The second-order valence-corrected chi connectivity index (χ2v) is 5.17. The summed E-state index contributed by atoms with van der Waals surface area (Å²) in [4.78, 5) is 20.5. The van der Waals surface area contributed by atoms with Crippen molar-refractivity contribution in [3.8, 4) is 0 Å². The fraction of sp³-hybridized carbons (Fsp3) is 0.400. The lowest BCUT2D eigenvalue weighted by Gasteiger charge is -2.22. The maximum atomic E-state index is 12.0. The number of fused-ring (bicyclic) bond motifs is 1. The summed E-state index contributed by atoms with van der Waals surface area (Å²) in [6.45, 7) is 6.02. The lowest BCUT2D eigenvalue weighted by Crippen LogP contribution is -2.41. The molecule has 0 aliphatic carbocycles. The van der Waals surface area contributed by atoms with Gasteiger partial charge in [-0.25, -0.2) is 9.97 Å². The van der Waals surface area contributed by atoms with Crippen molar-refractivity contribution >= 4 is 22.6 Å². The van der Waals surface area contributed by atoms with E-state index in [1.54, 1.807) is 7.05 Å². The zero-order chi connectivity index (χ0) is 14.7. The van der Waals surface area contributed by atoms with Crippen LogP contribution >= 0.6 is 0 Å². The molecule has 0 bridgehead atoms. The van der Waals surface area contributed by atoms with Crippen LogP contribution in [0, 0.1) is 12.8 Å². The molecule has 2 N–H and O–H groups in total. The Morgan fingerprint density at radius 2 is 2.00 bits per heavy atom. The molecule has 1 unspecified atom stereocenters. The predicted octanol–water partition coefficient (Wildman–Crippen LogP) is 2.12. The van der Waals surface area contributed by atoms with Gasteiger partial charge >= 0.3 is 0 Å². The third-order valence-corrected chi connectivity index (χ3v) is 3.36. The highest BCUT2D eigenvalue weighted by atomic mass is 16.2. The monoisotopic (exact) mass is 272 g/mol. The topological polar surface area (TPSA) is 66.9 Å². The van der Waals surface area contributed by atoms with Gasteiger partial charge in [-0.05, 0) is 24.5 Å². The molecule has 2 aromatic rings. The van der Waals surface area contributed by atoms with Gasteiger partial charge in [0.2, 0.25) is 5.91 Å². The SMILES string of the molecule is CNC(=O)C(Nc1ncnc2cccc(C)c12)C(C)C. The van der Waals surface area contributed by atoms with Crippen LogP contribution in [0.3, 0.4) is 0 Å². The molecule has 20 heavy (non-hydrogen) atoms. The van der Waals surface area contributed by atoms with Gasteiger partial charge in [-0.3, -0.25) is 4.79 Å². The van der Waals surface area contributed by atoms with Crippen LogP contribution in [-0.2, 0) is 4.79 Å². The van der Waals surface area contributed by atoms with Crippen molar-refractivity contribution < 1.29 is 4.79 Å². The van der Waals surface area contributed by atoms with E-state index in [1.807, 2.05) is 39.0 Å². The number of anilines is 1. The van der Waals surface area contributed by atoms with E-state index in [-0.39, 0.29) is 17.9 Å². The molecule has 0 saturated heterocycles. The molecule has 106 valence electrons. The molecule has 1 heterocycles. The van der Waals surface area contributed by atoms with Crippen LogP contribution in [0.4, 0.5) is 5.82 Å². The Hall–Kier alpha value is -2.17. The van der Waals surface area contributed by atoms with Gasteiger partial charge in [0.05, 0.1) is 5.52 Å². The van der Waals surface area contributed by atoms with Gasteiger partial charge in [-0.1, -0.05) is 26.0 Å². The third-order valence-electron chi connectivity index (χ3n) is 3.36. The first-order valence-electron chi connectivity index (χ1n) is 6.73. The highest BCUT2D eigenvalue weighted by molar-refractivity contribution is 5.94. The number of likely N-dealkylation sites (N-methyl/N-ethyl adjacent to an activating group) is 1.